The SMILES string of the molecule is CC1(C)CCCCCC[C@H]2C[C@H]2CCCCCC(C)(C)C1=O. The summed E-state index contributed by atoms with van der Waals surface area (Å²) < 4.78 is 0. The second-order valence-electron chi connectivity index (χ2n) is 9.40. The Morgan fingerprint density at radius 3 is 1.59 bits per heavy atom. The molecule has 0 radical (unpaired) electrons. The first-order valence-corrected chi connectivity index (χ1v) is 9.88. The van der Waals surface area contributed by atoms with Gasteiger partial charge >= 0.3 is 0 Å². The number of ketones is 1. The second kappa shape index (κ2) is 7.49. The Morgan fingerprint density at radius 1 is 0.682 bits per heavy atom. The van der Waals surface area contributed by atoms with Gasteiger partial charge in [0.1, 0.15) is 5.78 Å². The van der Waals surface area contributed by atoms with Crippen LogP contribution in [-0.4, -0.2) is 5.78 Å². The van der Waals surface area contributed by atoms with Gasteiger partial charge in [0.15, 0.2) is 0 Å². The fourth-order valence-corrected chi connectivity index (χ4v) is 4.64. The molecular formula is C21H38O. The summed E-state index contributed by atoms with van der Waals surface area (Å²) in [5, 5.41) is 0. The van der Waals surface area contributed by atoms with Crippen LogP contribution in [0.5, 0.6) is 0 Å². The van der Waals surface area contributed by atoms with Crippen LogP contribution in [0.4, 0.5) is 0 Å². The van der Waals surface area contributed by atoms with Crippen molar-refractivity contribution >= 4 is 5.78 Å². The molecule has 0 aromatic carbocycles. The summed E-state index contributed by atoms with van der Waals surface area (Å²) in [4.78, 5) is 12.9. The van der Waals surface area contributed by atoms with E-state index in [1.807, 2.05) is 0 Å². The Bertz CT molecular complexity index is 366. The van der Waals surface area contributed by atoms with Gasteiger partial charge in [0.25, 0.3) is 0 Å². The predicted octanol–water partition coefficient (Wildman–Crippen LogP) is 6.55. The van der Waals surface area contributed by atoms with E-state index in [1.54, 1.807) is 0 Å². The van der Waals surface area contributed by atoms with Crippen LogP contribution in [0.25, 0.3) is 0 Å². The third kappa shape index (κ3) is 5.10. The first-order valence-electron chi connectivity index (χ1n) is 9.88. The predicted molar refractivity (Wildman–Crippen MR) is 95.0 cm³/mol. The molecule has 22 heavy (non-hydrogen) atoms. The number of carbonyl (C=O) groups excluding carboxylic acids is 1. The molecule has 1 nitrogen and oxygen atoms in total. The van der Waals surface area contributed by atoms with Gasteiger partial charge in [-0.05, 0) is 31.1 Å². The molecule has 0 saturated heterocycles. The highest BCUT2D eigenvalue weighted by Gasteiger charge is 2.38. The standard InChI is InChI=1S/C21H38O/c1-20(2)14-10-6-5-8-12-17-16-18(17)13-9-7-11-15-21(3,4)19(20)22/h17-18H,5-16H2,1-4H3/t17-,18+/m0/s1. The molecule has 1 heteroatoms. The van der Waals surface area contributed by atoms with Crippen molar-refractivity contribution in [3.8, 4) is 0 Å². The van der Waals surface area contributed by atoms with Crippen molar-refractivity contribution in [2.24, 2.45) is 22.7 Å². The fourth-order valence-electron chi connectivity index (χ4n) is 4.64. The van der Waals surface area contributed by atoms with Gasteiger partial charge in [-0.1, -0.05) is 85.5 Å². The first-order chi connectivity index (χ1) is 10.3. The van der Waals surface area contributed by atoms with Gasteiger partial charge in [-0.2, -0.15) is 0 Å². The molecule has 0 bridgehead atoms. The van der Waals surface area contributed by atoms with E-state index in [2.05, 4.69) is 27.7 Å². The van der Waals surface area contributed by atoms with Crippen LogP contribution in [0.2, 0.25) is 0 Å². The Balaban J connectivity index is 1.90. The summed E-state index contributed by atoms with van der Waals surface area (Å²) in [6.07, 6.45) is 15.8. The fraction of sp³-hybridized carbons (Fsp3) is 0.952. The quantitative estimate of drug-likeness (QED) is 0.496. The molecule has 2 fully saturated rings. The zero-order valence-corrected chi connectivity index (χ0v) is 15.5. The van der Waals surface area contributed by atoms with Gasteiger partial charge in [0.05, 0.1) is 0 Å². The summed E-state index contributed by atoms with van der Waals surface area (Å²) >= 11 is 0. The van der Waals surface area contributed by atoms with E-state index in [1.165, 1.54) is 64.2 Å². The summed E-state index contributed by atoms with van der Waals surface area (Å²) in [7, 11) is 0. The minimum absolute atomic E-state index is 0.136. The maximum atomic E-state index is 12.9. The van der Waals surface area contributed by atoms with Gasteiger partial charge in [-0.25, -0.2) is 0 Å². The number of hydrogen-bond acceptors (Lipinski definition) is 1. The summed E-state index contributed by atoms with van der Waals surface area (Å²) in [5.41, 5.74) is -0.273. The molecule has 0 spiro atoms. The Labute approximate surface area is 138 Å². The highest BCUT2D eigenvalue weighted by atomic mass is 16.1. The van der Waals surface area contributed by atoms with E-state index in [4.69, 9.17) is 0 Å². The molecule has 2 atom stereocenters. The Hall–Kier alpha value is -0.330. The topological polar surface area (TPSA) is 17.1 Å². The van der Waals surface area contributed by atoms with Gasteiger partial charge in [0, 0.05) is 10.8 Å². The highest BCUT2D eigenvalue weighted by Crippen LogP contribution is 2.46. The summed E-state index contributed by atoms with van der Waals surface area (Å²) in [6.45, 7) is 8.71. The minimum Gasteiger partial charge on any atom is -0.299 e. The molecule has 0 heterocycles. The maximum Gasteiger partial charge on any atom is 0.144 e. The summed E-state index contributed by atoms with van der Waals surface area (Å²) in [6, 6.07) is 0. The van der Waals surface area contributed by atoms with E-state index >= 15 is 0 Å². The first kappa shape index (κ1) is 18.0. The average molecular weight is 307 g/mol. The highest BCUT2D eigenvalue weighted by molar-refractivity contribution is 5.89. The number of Topliss-reactive ketones (excluding diaryl/α,β-unsaturated/α-hetero) is 1. The molecule has 0 aliphatic heterocycles. The molecule has 0 aromatic heterocycles. The van der Waals surface area contributed by atoms with Crippen molar-refractivity contribution in [3.63, 3.8) is 0 Å². The molecule has 2 rings (SSSR count). The molecule has 2 aliphatic carbocycles. The molecule has 2 aliphatic rings. The minimum atomic E-state index is -0.137. The third-order valence-corrected chi connectivity index (χ3v) is 6.30. The van der Waals surface area contributed by atoms with Crippen molar-refractivity contribution in [2.75, 3.05) is 0 Å². The van der Waals surface area contributed by atoms with E-state index in [-0.39, 0.29) is 10.8 Å². The van der Waals surface area contributed by atoms with Gasteiger partial charge in [-0.3, -0.25) is 4.79 Å². The summed E-state index contributed by atoms with van der Waals surface area (Å²) in [5.74, 6) is 2.62. The number of hydrogen-bond donors (Lipinski definition) is 0. The second-order valence-corrected chi connectivity index (χ2v) is 9.40. The van der Waals surface area contributed by atoms with Crippen LogP contribution in [0, 0.1) is 22.7 Å². The van der Waals surface area contributed by atoms with Crippen LogP contribution in [-0.2, 0) is 4.79 Å². The van der Waals surface area contributed by atoms with Gasteiger partial charge in [0.2, 0.25) is 0 Å². The monoisotopic (exact) mass is 306 g/mol. The molecule has 128 valence electrons. The van der Waals surface area contributed by atoms with Crippen LogP contribution in [0.1, 0.15) is 105 Å². The molecule has 0 unspecified atom stereocenters. The molecule has 2 saturated carbocycles. The van der Waals surface area contributed by atoms with Crippen molar-refractivity contribution in [3.05, 3.63) is 0 Å². The van der Waals surface area contributed by atoms with Crippen LogP contribution in [0.3, 0.4) is 0 Å². The smallest absolute Gasteiger partial charge is 0.144 e. The van der Waals surface area contributed by atoms with Crippen molar-refractivity contribution in [1.29, 1.82) is 0 Å². The Kier molecular flexibility index (Phi) is 6.14. The lowest BCUT2D eigenvalue weighted by atomic mass is 9.69. The number of carbonyl (C=O) groups is 1. The third-order valence-electron chi connectivity index (χ3n) is 6.30. The van der Waals surface area contributed by atoms with E-state index in [0.29, 0.717) is 5.78 Å². The lowest BCUT2D eigenvalue weighted by molar-refractivity contribution is -0.136. The zero-order chi connectivity index (χ0) is 16.2. The molecule has 0 N–H and O–H groups in total. The molecule has 0 aromatic rings. The van der Waals surface area contributed by atoms with Crippen molar-refractivity contribution in [2.45, 2.75) is 105 Å². The van der Waals surface area contributed by atoms with Crippen molar-refractivity contribution in [1.82, 2.24) is 0 Å². The maximum absolute atomic E-state index is 12.9. The van der Waals surface area contributed by atoms with Crippen LogP contribution in [0.15, 0.2) is 0 Å². The Morgan fingerprint density at radius 2 is 1.09 bits per heavy atom. The van der Waals surface area contributed by atoms with Crippen LogP contribution >= 0.6 is 0 Å². The number of fused-ring (bicyclic) bond motifs is 1. The zero-order valence-electron chi connectivity index (χ0n) is 15.5. The van der Waals surface area contributed by atoms with Crippen molar-refractivity contribution < 1.29 is 4.79 Å². The lowest BCUT2D eigenvalue weighted by Gasteiger charge is -2.33. The molecule has 0 amide bonds. The van der Waals surface area contributed by atoms with E-state index < -0.39 is 0 Å². The average Bonchev–Trinajstić information content (AvgIpc) is 3.19. The van der Waals surface area contributed by atoms with Gasteiger partial charge in [-0.15, -0.1) is 0 Å². The normalized spacial score (nSPS) is 33.9. The van der Waals surface area contributed by atoms with Crippen LogP contribution < -0.4 is 0 Å². The number of rotatable bonds is 0. The molecular weight excluding hydrogens is 268 g/mol. The van der Waals surface area contributed by atoms with E-state index in [9.17, 15) is 4.79 Å². The lowest BCUT2D eigenvalue weighted by Crippen LogP contribution is -2.37. The van der Waals surface area contributed by atoms with Gasteiger partial charge < -0.3 is 0 Å². The van der Waals surface area contributed by atoms with E-state index in [0.717, 1.165) is 24.7 Å². The largest absolute Gasteiger partial charge is 0.299 e.